The van der Waals surface area contributed by atoms with Crippen molar-refractivity contribution >= 4 is 34.9 Å². The smallest absolute Gasteiger partial charge is 0.204 e. The number of morpholine rings is 1. The topological polar surface area (TPSA) is 100 Å². The van der Waals surface area contributed by atoms with E-state index in [-0.39, 0.29) is 5.82 Å². The van der Waals surface area contributed by atoms with Crippen LogP contribution in [0.25, 0.3) is 0 Å². The molecule has 1 aliphatic heterocycles. The van der Waals surface area contributed by atoms with Crippen molar-refractivity contribution < 1.29 is 13.9 Å². The van der Waals surface area contributed by atoms with Crippen LogP contribution in [0, 0.1) is 12.7 Å². The van der Waals surface area contributed by atoms with E-state index in [9.17, 15) is 4.39 Å². The van der Waals surface area contributed by atoms with Crippen molar-refractivity contribution in [3.05, 3.63) is 35.8 Å². The van der Waals surface area contributed by atoms with Gasteiger partial charge in [0.25, 0.3) is 0 Å². The lowest BCUT2D eigenvalue weighted by molar-refractivity contribution is 0.122. The summed E-state index contributed by atoms with van der Waals surface area (Å²) in [7, 11) is 3.32. The normalized spacial score (nSPS) is 13.9. The number of hydrogen-bond acceptors (Lipinski definition) is 9. The minimum Gasteiger partial charge on any atom is -0.490 e. The third-order valence-electron chi connectivity index (χ3n) is 4.72. The van der Waals surface area contributed by atoms with E-state index in [1.54, 1.807) is 20.2 Å². The quantitative estimate of drug-likeness (QED) is 0.472. The van der Waals surface area contributed by atoms with Gasteiger partial charge in [0, 0.05) is 37.6 Å². The first-order valence-electron chi connectivity index (χ1n) is 9.80. The lowest BCUT2D eigenvalue weighted by Crippen LogP contribution is -2.37. The van der Waals surface area contributed by atoms with Gasteiger partial charge in [-0.15, -0.1) is 0 Å². The van der Waals surface area contributed by atoms with Crippen LogP contribution in [-0.2, 0) is 4.74 Å². The van der Waals surface area contributed by atoms with E-state index in [1.807, 2.05) is 19.1 Å². The van der Waals surface area contributed by atoms with Gasteiger partial charge in [-0.1, -0.05) is 0 Å². The molecule has 164 valence electrons. The van der Waals surface area contributed by atoms with E-state index in [0.717, 1.165) is 17.5 Å². The lowest BCUT2D eigenvalue weighted by atomic mass is 10.3. The second-order valence-electron chi connectivity index (χ2n) is 6.87. The average Bonchev–Trinajstić information content (AvgIpc) is 3.20. The standard InChI is InChI=1S/C20H24FN7O2S/c1-12-10-16(27-26-12)23-18-17(29-3)19(28-6-8-30-9-7-28)25-20(24-18)31-15-5-4-13(22-2)11-14(15)21/h4-5,10-11,22H,6-9H2,1-3H3,(H2,23,24,25,26,27). The molecule has 3 aromatic rings. The van der Waals surface area contributed by atoms with Crippen LogP contribution in [0.5, 0.6) is 5.75 Å². The highest BCUT2D eigenvalue weighted by Crippen LogP contribution is 2.39. The van der Waals surface area contributed by atoms with Crippen LogP contribution < -0.4 is 20.3 Å². The molecule has 0 unspecified atom stereocenters. The molecule has 0 atom stereocenters. The number of aromatic nitrogens is 4. The number of benzene rings is 1. The van der Waals surface area contributed by atoms with E-state index >= 15 is 0 Å². The van der Waals surface area contributed by atoms with Crippen molar-refractivity contribution in [3.63, 3.8) is 0 Å². The SMILES string of the molecule is CNc1ccc(Sc2nc(Nc3cc(C)[nH]n3)c(OC)c(N3CCOCC3)n2)c(F)c1. The van der Waals surface area contributed by atoms with Crippen molar-refractivity contribution in [1.29, 1.82) is 0 Å². The van der Waals surface area contributed by atoms with Crippen LogP contribution in [0.1, 0.15) is 5.69 Å². The number of halogens is 1. The molecular formula is C20H24FN7O2S. The molecule has 11 heteroatoms. The molecule has 0 amide bonds. The maximum atomic E-state index is 14.6. The number of ether oxygens (including phenoxy) is 2. The summed E-state index contributed by atoms with van der Waals surface area (Å²) < 4.78 is 25.7. The van der Waals surface area contributed by atoms with Gasteiger partial charge in [0.05, 0.1) is 25.2 Å². The molecular weight excluding hydrogens is 421 g/mol. The highest BCUT2D eigenvalue weighted by Gasteiger charge is 2.24. The van der Waals surface area contributed by atoms with Gasteiger partial charge in [-0.25, -0.2) is 14.4 Å². The highest BCUT2D eigenvalue weighted by molar-refractivity contribution is 7.99. The zero-order chi connectivity index (χ0) is 21.8. The predicted octanol–water partition coefficient (Wildman–Crippen LogP) is 3.43. The Kier molecular flexibility index (Phi) is 6.42. The fourth-order valence-corrected chi connectivity index (χ4v) is 3.93. The molecule has 9 nitrogen and oxygen atoms in total. The van der Waals surface area contributed by atoms with Gasteiger partial charge in [-0.2, -0.15) is 5.10 Å². The van der Waals surface area contributed by atoms with Crippen molar-refractivity contribution in [2.24, 2.45) is 0 Å². The number of nitrogens with zero attached hydrogens (tertiary/aromatic N) is 4. The Hall–Kier alpha value is -3.05. The summed E-state index contributed by atoms with van der Waals surface area (Å²) in [5.41, 5.74) is 1.60. The minimum atomic E-state index is -0.346. The summed E-state index contributed by atoms with van der Waals surface area (Å²) in [6.07, 6.45) is 0. The molecule has 1 aliphatic rings. The minimum absolute atomic E-state index is 0.346. The molecule has 0 saturated carbocycles. The zero-order valence-electron chi connectivity index (χ0n) is 17.5. The molecule has 4 rings (SSSR count). The molecule has 1 aromatic carbocycles. The summed E-state index contributed by atoms with van der Waals surface area (Å²) in [5.74, 6) is 1.84. The van der Waals surface area contributed by atoms with Crippen molar-refractivity contribution in [3.8, 4) is 5.75 Å². The van der Waals surface area contributed by atoms with E-state index < -0.39 is 0 Å². The first kappa shape index (κ1) is 21.2. The van der Waals surface area contributed by atoms with E-state index in [0.29, 0.717) is 65.2 Å². The van der Waals surface area contributed by atoms with Crippen molar-refractivity contribution in [2.45, 2.75) is 17.0 Å². The molecule has 0 aliphatic carbocycles. The Balaban J connectivity index is 1.74. The predicted molar refractivity (Wildman–Crippen MR) is 118 cm³/mol. The number of rotatable bonds is 7. The van der Waals surface area contributed by atoms with E-state index in [2.05, 4.69) is 30.7 Å². The van der Waals surface area contributed by atoms with Crippen LogP contribution in [0.4, 0.5) is 27.5 Å². The largest absolute Gasteiger partial charge is 0.490 e. The fourth-order valence-electron chi connectivity index (χ4n) is 3.17. The van der Waals surface area contributed by atoms with Crippen molar-refractivity contribution in [2.75, 3.05) is 56.0 Å². The van der Waals surface area contributed by atoms with Crippen LogP contribution >= 0.6 is 11.8 Å². The number of nitrogens with one attached hydrogen (secondary N) is 3. The monoisotopic (exact) mass is 445 g/mol. The summed E-state index contributed by atoms with van der Waals surface area (Å²) >= 11 is 1.15. The summed E-state index contributed by atoms with van der Waals surface area (Å²) in [6.45, 7) is 4.44. The first-order valence-corrected chi connectivity index (χ1v) is 10.6. The highest BCUT2D eigenvalue weighted by atomic mass is 32.2. The van der Waals surface area contributed by atoms with Crippen molar-refractivity contribution in [1.82, 2.24) is 20.2 Å². The van der Waals surface area contributed by atoms with E-state index in [1.165, 1.54) is 6.07 Å². The van der Waals surface area contributed by atoms with Gasteiger partial charge in [-0.3, -0.25) is 5.10 Å². The van der Waals surface area contributed by atoms with Crippen LogP contribution in [0.3, 0.4) is 0 Å². The molecule has 3 heterocycles. The maximum Gasteiger partial charge on any atom is 0.204 e. The molecule has 31 heavy (non-hydrogen) atoms. The molecule has 1 fully saturated rings. The van der Waals surface area contributed by atoms with Gasteiger partial charge < -0.3 is 25.0 Å². The van der Waals surface area contributed by atoms with Gasteiger partial charge in [-0.05, 0) is 36.9 Å². The Labute approximate surface area is 183 Å². The Bertz CT molecular complexity index is 1060. The van der Waals surface area contributed by atoms with Gasteiger partial charge >= 0.3 is 0 Å². The number of methoxy groups -OCH3 is 1. The average molecular weight is 446 g/mol. The number of H-pyrrole nitrogens is 1. The molecule has 2 aromatic heterocycles. The summed E-state index contributed by atoms with van der Waals surface area (Å²) in [4.78, 5) is 11.8. The summed E-state index contributed by atoms with van der Waals surface area (Å²) in [5, 5.41) is 13.6. The van der Waals surface area contributed by atoms with Gasteiger partial charge in [0.1, 0.15) is 5.82 Å². The van der Waals surface area contributed by atoms with Crippen LogP contribution in [0.15, 0.2) is 34.3 Å². The second-order valence-corrected chi connectivity index (χ2v) is 7.88. The molecule has 0 bridgehead atoms. The number of aromatic amines is 1. The number of anilines is 4. The third kappa shape index (κ3) is 4.83. The van der Waals surface area contributed by atoms with Gasteiger partial charge in [0.2, 0.25) is 5.75 Å². The Morgan fingerprint density at radius 3 is 2.68 bits per heavy atom. The van der Waals surface area contributed by atoms with Gasteiger partial charge in [0.15, 0.2) is 22.6 Å². The maximum absolute atomic E-state index is 14.6. The Morgan fingerprint density at radius 2 is 2.03 bits per heavy atom. The Morgan fingerprint density at radius 1 is 1.23 bits per heavy atom. The second kappa shape index (κ2) is 9.40. The van der Waals surface area contributed by atoms with E-state index in [4.69, 9.17) is 14.5 Å². The zero-order valence-corrected chi connectivity index (χ0v) is 18.3. The molecule has 0 radical (unpaired) electrons. The third-order valence-corrected chi connectivity index (χ3v) is 5.63. The van der Waals surface area contributed by atoms with Crippen LogP contribution in [0.2, 0.25) is 0 Å². The van der Waals surface area contributed by atoms with Crippen LogP contribution in [-0.4, -0.2) is 60.6 Å². The molecule has 0 spiro atoms. The molecule has 1 saturated heterocycles. The number of hydrogen-bond donors (Lipinski definition) is 3. The number of aryl methyl sites for hydroxylation is 1. The lowest BCUT2D eigenvalue weighted by Gasteiger charge is -2.29. The summed E-state index contributed by atoms with van der Waals surface area (Å²) in [6, 6.07) is 6.82. The first-order chi connectivity index (χ1) is 15.1. The fraction of sp³-hybridized carbons (Fsp3) is 0.350. The molecule has 3 N–H and O–H groups in total.